The fraction of sp³-hybridized carbons (Fsp3) is 0.333. The number of esters is 1. The van der Waals surface area contributed by atoms with E-state index < -0.39 is 16.0 Å². The van der Waals surface area contributed by atoms with Crippen molar-refractivity contribution < 1.29 is 17.9 Å². The maximum atomic E-state index is 12.5. The normalized spacial score (nSPS) is 11.3. The summed E-state index contributed by atoms with van der Waals surface area (Å²) in [5, 5.41) is 5.90. The molecular weight excluding hydrogens is 318 g/mol. The SMILES string of the molecule is CCOC(=O)c1c(S(=O)(=O)Nc2ccc(C)c(C)c2)n[nH]c1C. The Kier molecular flexibility index (Phi) is 4.74. The molecule has 0 aliphatic heterocycles. The molecule has 0 aliphatic rings. The Bertz CT molecular complexity index is 840. The van der Waals surface area contributed by atoms with Crippen LogP contribution in [0.2, 0.25) is 0 Å². The third-order valence-electron chi connectivity index (χ3n) is 3.41. The van der Waals surface area contributed by atoms with E-state index in [0.29, 0.717) is 11.4 Å². The second-order valence-corrected chi connectivity index (χ2v) is 6.75. The van der Waals surface area contributed by atoms with Gasteiger partial charge in [-0.25, -0.2) is 4.79 Å². The van der Waals surface area contributed by atoms with E-state index in [-0.39, 0.29) is 17.2 Å². The van der Waals surface area contributed by atoms with Crippen LogP contribution >= 0.6 is 0 Å². The molecule has 124 valence electrons. The largest absolute Gasteiger partial charge is 0.462 e. The zero-order valence-electron chi connectivity index (χ0n) is 13.4. The lowest BCUT2D eigenvalue weighted by Crippen LogP contribution is -2.18. The van der Waals surface area contributed by atoms with Crippen LogP contribution in [-0.4, -0.2) is 31.2 Å². The molecule has 0 amide bonds. The van der Waals surface area contributed by atoms with Crippen LogP contribution in [0.1, 0.15) is 34.1 Å². The summed E-state index contributed by atoms with van der Waals surface area (Å²) in [4.78, 5) is 12.0. The molecule has 7 nitrogen and oxygen atoms in total. The van der Waals surface area contributed by atoms with Gasteiger partial charge in [0.25, 0.3) is 10.0 Å². The molecule has 2 N–H and O–H groups in total. The molecule has 0 unspecified atom stereocenters. The second-order valence-electron chi connectivity index (χ2n) is 5.15. The van der Waals surface area contributed by atoms with Gasteiger partial charge in [0.2, 0.25) is 5.03 Å². The van der Waals surface area contributed by atoms with Crippen molar-refractivity contribution in [1.29, 1.82) is 0 Å². The monoisotopic (exact) mass is 337 g/mol. The van der Waals surface area contributed by atoms with Crippen LogP contribution in [0.3, 0.4) is 0 Å². The summed E-state index contributed by atoms with van der Waals surface area (Å²) in [6, 6.07) is 5.19. The number of aromatic nitrogens is 2. The van der Waals surface area contributed by atoms with Crippen LogP contribution in [0.25, 0.3) is 0 Å². The van der Waals surface area contributed by atoms with Gasteiger partial charge in [0.15, 0.2) is 0 Å². The molecule has 0 atom stereocenters. The maximum absolute atomic E-state index is 12.5. The Morgan fingerprint density at radius 3 is 2.57 bits per heavy atom. The summed E-state index contributed by atoms with van der Waals surface area (Å²) in [7, 11) is -4.01. The minimum Gasteiger partial charge on any atom is -0.462 e. The number of aryl methyl sites for hydroxylation is 3. The number of hydrogen-bond donors (Lipinski definition) is 2. The van der Waals surface area contributed by atoms with Gasteiger partial charge in [-0.3, -0.25) is 9.82 Å². The zero-order chi connectivity index (χ0) is 17.2. The molecule has 0 bridgehead atoms. The lowest BCUT2D eigenvalue weighted by Gasteiger charge is -2.09. The lowest BCUT2D eigenvalue weighted by molar-refractivity contribution is 0.0521. The number of nitrogens with zero attached hydrogens (tertiary/aromatic N) is 1. The van der Waals surface area contributed by atoms with Crippen molar-refractivity contribution in [3.63, 3.8) is 0 Å². The Labute approximate surface area is 135 Å². The summed E-state index contributed by atoms with van der Waals surface area (Å²) in [6.07, 6.45) is 0. The molecule has 1 heterocycles. The number of carbonyl (C=O) groups excluding carboxylic acids is 1. The van der Waals surface area contributed by atoms with Crippen LogP contribution in [-0.2, 0) is 14.8 Å². The Morgan fingerprint density at radius 1 is 1.26 bits per heavy atom. The van der Waals surface area contributed by atoms with Crippen molar-refractivity contribution in [1.82, 2.24) is 10.2 Å². The lowest BCUT2D eigenvalue weighted by atomic mass is 10.1. The van der Waals surface area contributed by atoms with Gasteiger partial charge < -0.3 is 4.74 Å². The number of aromatic amines is 1. The first-order valence-electron chi connectivity index (χ1n) is 7.08. The third kappa shape index (κ3) is 3.53. The Morgan fingerprint density at radius 2 is 1.96 bits per heavy atom. The fourth-order valence-electron chi connectivity index (χ4n) is 2.05. The standard InChI is InChI=1S/C15H19N3O4S/c1-5-22-15(19)13-11(4)16-17-14(13)23(20,21)18-12-7-6-9(2)10(3)8-12/h6-8,18H,5H2,1-4H3,(H,16,17). The number of rotatable bonds is 5. The summed E-state index contributed by atoms with van der Waals surface area (Å²) in [6.45, 7) is 7.18. The van der Waals surface area contributed by atoms with Gasteiger partial charge in [0.05, 0.1) is 6.61 Å². The van der Waals surface area contributed by atoms with Gasteiger partial charge in [0, 0.05) is 11.4 Å². The quantitative estimate of drug-likeness (QED) is 0.815. The second kappa shape index (κ2) is 6.41. The Balaban J connectivity index is 2.40. The van der Waals surface area contributed by atoms with Crippen molar-refractivity contribution in [2.75, 3.05) is 11.3 Å². The summed E-state index contributed by atoms with van der Waals surface area (Å²) < 4.78 is 32.4. The van der Waals surface area contributed by atoms with Gasteiger partial charge in [-0.1, -0.05) is 6.07 Å². The molecule has 1 aromatic heterocycles. The van der Waals surface area contributed by atoms with E-state index >= 15 is 0 Å². The topological polar surface area (TPSA) is 101 Å². The molecule has 8 heteroatoms. The summed E-state index contributed by atoms with van der Waals surface area (Å²) in [5.74, 6) is -0.723. The minimum absolute atomic E-state index is 0.0804. The molecule has 0 aliphatic carbocycles. The average molecular weight is 337 g/mol. The van der Waals surface area contributed by atoms with Crippen molar-refractivity contribution in [2.24, 2.45) is 0 Å². The van der Waals surface area contributed by atoms with E-state index in [4.69, 9.17) is 4.74 Å². The number of nitrogens with one attached hydrogen (secondary N) is 2. The first kappa shape index (κ1) is 17.0. The van der Waals surface area contributed by atoms with Crippen molar-refractivity contribution >= 4 is 21.7 Å². The molecule has 2 rings (SSSR count). The van der Waals surface area contributed by atoms with E-state index in [9.17, 15) is 13.2 Å². The van der Waals surface area contributed by atoms with E-state index in [1.165, 1.54) is 0 Å². The molecular formula is C15H19N3O4S. The van der Waals surface area contributed by atoms with E-state index in [0.717, 1.165) is 11.1 Å². The number of benzene rings is 1. The highest BCUT2D eigenvalue weighted by molar-refractivity contribution is 7.92. The number of carbonyl (C=O) groups is 1. The molecule has 0 saturated carbocycles. The highest BCUT2D eigenvalue weighted by Gasteiger charge is 2.29. The first-order chi connectivity index (χ1) is 10.8. The predicted octanol–water partition coefficient (Wildman–Crippen LogP) is 2.31. The van der Waals surface area contributed by atoms with Crippen LogP contribution in [0.15, 0.2) is 23.2 Å². The van der Waals surface area contributed by atoms with Crippen LogP contribution < -0.4 is 4.72 Å². The number of ether oxygens (including phenoxy) is 1. The van der Waals surface area contributed by atoms with Gasteiger partial charge in [0.1, 0.15) is 5.56 Å². The highest BCUT2D eigenvalue weighted by Crippen LogP contribution is 2.22. The maximum Gasteiger partial charge on any atom is 0.343 e. The molecule has 1 aromatic carbocycles. The fourth-order valence-corrected chi connectivity index (χ4v) is 3.26. The van der Waals surface area contributed by atoms with Crippen LogP contribution in [0, 0.1) is 20.8 Å². The molecule has 2 aromatic rings. The van der Waals surface area contributed by atoms with Gasteiger partial charge in [-0.15, -0.1) is 0 Å². The molecule has 0 saturated heterocycles. The number of hydrogen-bond acceptors (Lipinski definition) is 5. The van der Waals surface area contributed by atoms with E-state index in [1.807, 2.05) is 19.9 Å². The number of H-pyrrole nitrogens is 1. The summed E-state index contributed by atoms with van der Waals surface area (Å²) >= 11 is 0. The smallest absolute Gasteiger partial charge is 0.343 e. The van der Waals surface area contributed by atoms with E-state index in [1.54, 1.807) is 26.0 Å². The van der Waals surface area contributed by atoms with Crippen molar-refractivity contribution in [3.8, 4) is 0 Å². The molecule has 23 heavy (non-hydrogen) atoms. The summed E-state index contributed by atoms with van der Waals surface area (Å²) in [5.41, 5.74) is 2.67. The van der Waals surface area contributed by atoms with Crippen molar-refractivity contribution in [3.05, 3.63) is 40.6 Å². The van der Waals surface area contributed by atoms with Crippen LogP contribution in [0.4, 0.5) is 5.69 Å². The third-order valence-corrected chi connectivity index (χ3v) is 4.72. The molecule has 0 radical (unpaired) electrons. The first-order valence-corrected chi connectivity index (χ1v) is 8.56. The molecule has 0 fully saturated rings. The average Bonchev–Trinajstić information content (AvgIpc) is 2.85. The van der Waals surface area contributed by atoms with Gasteiger partial charge in [-0.05, 0) is 51.0 Å². The Hall–Kier alpha value is -2.35. The van der Waals surface area contributed by atoms with Gasteiger partial charge >= 0.3 is 5.97 Å². The van der Waals surface area contributed by atoms with Crippen molar-refractivity contribution in [2.45, 2.75) is 32.7 Å². The minimum atomic E-state index is -4.01. The van der Waals surface area contributed by atoms with Gasteiger partial charge in [-0.2, -0.15) is 13.5 Å². The molecule has 0 spiro atoms. The van der Waals surface area contributed by atoms with Crippen LogP contribution in [0.5, 0.6) is 0 Å². The predicted molar refractivity (Wildman–Crippen MR) is 86.0 cm³/mol. The highest BCUT2D eigenvalue weighted by atomic mass is 32.2. The zero-order valence-corrected chi connectivity index (χ0v) is 14.2. The number of anilines is 1. The van der Waals surface area contributed by atoms with E-state index in [2.05, 4.69) is 14.9 Å². The number of sulfonamides is 1.